The first kappa shape index (κ1) is 96.7. The number of nitrogens with one attached hydrogen (secondary N) is 1. The Bertz CT molecular complexity index is 2610. The van der Waals surface area contributed by atoms with Gasteiger partial charge in [0, 0.05) is 130 Å². The summed E-state index contributed by atoms with van der Waals surface area (Å²) in [5.41, 5.74) is -0.120. The molecule has 0 aromatic carbocycles. The lowest BCUT2D eigenvalue weighted by atomic mass is 9.76. The molecule has 0 aromatic heterocycles. The molecular formula is C83H152N6O14. The Morgan fingerprint density at radius 3 is 1.05 bits per heavy atom. The minimum absolute atomic E-state index is 0.00795. The standard InChI is InChI=1S/C42H77N3O7.C41H75N3O7/c1-16-28(7)39(44(13)41(50)29(8)23-34(47)38(27(5)6)43(11)12)36(51-14)25-37(49)45-22-20-21-32(45)40(52-15)30(9)33(46)24-31(17-2)35(48)26-42(10,18-3)19-4;1-15-27(7)38(43(12)40(49)28(8)22-33(46)37(42-11)26(5)6)35(50-13)24-36(48)44-21-19-20-31(44)39(51-14)29(9)32(45)23-30(16-2)34(47)25-41(10,17-3)18-4/h27-32,36,38-40H,16-26H2,1-15H3;26-31,35,37-39,42H,15-25H2,1-14H3/t28-,29+,30-,31+,32-,36+,38-,39-,40+;27-,28+,29-,30+,31-,35+,37-,38-,39+/m00/s1. The molecule has 18 atom stereocenters. The van der Waals surface area contributed by atoms with Gasteiger partial charge in [0.2, 0.25) is 23.6 Å². The van der Waals surface area contributed by atoms with E-state index in [1.54, 1.807) is 73.2 Å². The van der Waals surface area contributed by atoms with Gasteiger partial charge in [-0.3, -0.25) is 52.8 Å². The zero-order valence-corrected chi connectivity index (χ0v) is 70.6. The topological polar surface area (TPSA) is 236 Å². The largest absolute Gasteiger partial charge is 0.379 e. The summed E-state index contributed by atoms with van der Waals surface area (Å²) in [5.74, 6) is -2.53. The average Bonchev–Trinajstić information content (AvgIpc) is 1.77. The zero-order chi connectivity index (χ0) is 79.3. The van der Waals surface area contributed by atoms with Crippen molar-refractivity contribution in [1.82, 2.24) is 29.8 Å². The van der Waals surface area contributed by atoms with Crippen molar-refractivity contribution in [3.8, 4) is 0 Å². The van der Waals surface area contributed by atoms with Gasteiger partial charge in [-0.2, -0.15) is 0 Å². The van der Waals surface area contributed by atoms with Crippen molar-refractivity contribution in [2.75, 3.05) is 76.8 Å². The van der Waals surface area contributed by atoms with Gasteiger partial charge in [0.1, 0.15) is 23.1 Å². The first-order valence-electron chi connectivity index (χ1n) is 39.9. The lowest BCUT2D eigenvalue weighted by Gasteiger charge is -2.40. The Labute approximate surface area is 626 Å². The van der Waals surface area contributed by atoms with E-state index in [-0.39, 0.29) is 179 Å². The van der Waals surface area contributed by atoms with Crippen molar-refractivity contribution in [3.05, 3.63) is 0 Å². The molecule has 0 spiro atoms. The predicted octanol–water partition coefficient (Wildman–Crippen LogP) is 13.4. The third-order valence-electron chi connectivity index (χ3n) is 24.8. The number of hydrogen-bond acceptors (Lipinski definition) is 16. The second-order valence-electron chi connectivity index (χ2n) is 32.9. The fourth-order valence-electron chi connectivity index (χ4n) is 16.5. The van der Waals surface area contributed by atoms with E-state index in [1.807, 2.05) is 84.2 Å². The van der Waals surface area contributed by atoms with Crippen molar-refractivity contribution in [3.63, 3.8) is 0 Å². The number of carbonyl (C=O) groups excluding carboxylic acids is 10. The number of methoxy groups -OCH3 is 4. The summed E-state index contributed by atoms with van der Waals surface area (Å²) in [6.07, 6.45) is 9.02. The molecule has 0 radical (unpaired) electrons. The Kier molecular flexibility index (Phi) is 43.9. The molecule has 20 heteroatoms. The Morgan fingerprint density at radius 1 is 0.447 bits per heavy atom. The van der Waals surface area contributed by atoms with Crippen LogP contribution in [0.4, 0.5) is 0 Å². The summed E-state index contributed by atoms with van der Waals surface area (Å²) in [6, 6.07) is -1.93. The van der Waals surface area contributed by atoms with Crippen LogP contribution >= 0.6 is 0 Å². The molecule has 2 aliphatic heterocycles. The highest BCUT2D eigenvalue weighted by atomic mass is 16.5. The van der Waals surface area contributed by atoms with Crippen LogP contribution in [0.5, 0.6) is 0 Å². The van der Waals surface area contributed by atoms with Gasteiger partial charge in [-0.05, 0) is 94.2 Å². The van der Waals surface area contributed by atoms with Gasteiger partial charge in [-0.15, -0.1) is 0 Å². The van der Waals surface area contributed by atoms with Gasteiger partial charge in [0.25, 0.3) is 0 Å². The monoisotopic (exact) mass is 1460 g/mol. The van der Waals surface area contributed by atoms with Crippen LogP contribution in [0.1, 0.15) is 267 Å². The third kappa shape index (κ3) is 27.7. The Morgan fingerprint density at radius 2 is 0.786 bits per heavy atom. The van der Waals surface area contributed by atoms with E-state index in [4.69, 9.17) is 18.9 Å². The fraction of sp³-hybridized carbons (Fsp3) is 0.880. The number of hydrogen-bond donors (Lipinski definition) is 1. The minimum Gasteiger partial charge on any atom is -0.379 e. The molecule has 0 aromatic rings. The van der Waals surface area contributed by atoms with E-state index < -0.39 is 48.1 Å². The first-order valence-corrected chi connectivity index (χ1v) is 39.9. The molecular weight excluding hydrogens is 1300 g/mol. The molecule has 0 unspecified atom stereocenters. The van der Waals surface area contributed by atoms with Crippen LogP contribution in [-0.4, -0.2) is 220 Å². The lowest BCUT2D eigenvalue weighted by molar-refractivity contribution is -0.148. The number of rotatable bonds is 50. The van der Waals surface area contributed by atoms with Gasteiger partial charge in [-0.25, -0.2) is 0 Å². The number of ether oxygens (including phenoxy) is 4. The normalized spacial score (nSPS) is 19.9. The molecule has 1 N–H and O–H groups in total. The minimum atomic E-state index is -0.570. The van der Waals surface area contributed by atoms with Gasteiger partial charge in [-0.1, -0.05) is 177 Å². The number of likely N-dealkylation sites (tertiary alicyclic amines) is 2. The summed E-state index contributed by atoms with van der Waals surface area (Å²) >= 11 is 0. The number of amides is 4. The Balaban J connectivity index is 0.00000103. The quantitative estimate of drug-likeness (QED) is 0.0596. The second kappa shape index (κ2) is 46.8. The zero-order valence-electron chi connectivity index (χ0n) is 70.6. The molecule has 0 bridgehead atoms. The highest BCUT2D eigenvalue weighted by molar-refractivity contribution is 5.92. The van der Waals surface area contributed by atoms with Crippen molar-refractivity contribution in [1.29, 1.82) is 0 Å². The lowest BCUT2D eigenvalue weighted by Crippen LogP contribution is -2.53. The van der Waals surface area contributed by atoms with Crippen LogP contribution in [0.2, 0.25) is 0 Å². The van der Waals surface area contributed by atoms with E-state index in [9.17, 15) is 47.9 Å². The van der Waals surface area contributed by atoms with E-state index in [1.165, 1.54) is 0 Å². The van der Waals surface area contributed by atoms with Crippen LogP contribution < -0.4 is 5.32 Å². The maximum Gasteiger partial charge on any atom is 0.225 e. The van der Waals surface area contributed by atoms with E-state index in [0.29, 0.717) is 51.6 Å². The summed E-state index contributed by atoms with van der Waals surface area (Å²) in [7, 11) is 15.4. The number of carbonyl (C=O) groups is 10. The van der Waals surface area contributed by atoms with Crippen molar-refractivity contribution in [2.45, 2.75) is 328 Å². The maximum absolute atomic E-state index is 14.1. The second-order valence-corrected chi connectivity index (χ2v) is 32.9. The predicted molar refractivity (Wildman–Crippen MR) is 413 cm³/mol. The van der Waals surface area contributed by atoms with Crippen LogP contribution in [0.15, 0.2) is 0 Å². The molecule has 598 valence electrons. The summed E-state index contributed by atoms with van der Waals surface area (Å²) in [6.45, 7) is 41.3. The highest BCUT2D eigenvalue weighted by Crippen LogP contribution is 2.37. The molecule has 4 amide bonds. The average molecular weight is 1460 g/mol. The van der Waals surface area contributed by atoms with Gasteiger partial charge in [0.05, 0.1) is 73.5 Å². The number of Topliss-reactive ketones (excluding diaryl/α,β-unsaturated/α-hetero) is 6. The molecule has 2 saturated heterocycles. The summed E-state index contributed by atoms with van der Waals surface area (Å²) < 4.78 is 23.9. The SMILES string of the molecule is CC[C@H](CC(=O)[C@H](C)[C@@H](OC)[C@@H]1CCCN1C(=O)C[C@@H](OC)[C@H]([C@@H](C)CC)N(C)C(=O)[C@H](C)CC(=O)[C@@H](NC)C(C)C)C(=O)CC(C)(CC)CC.CC[C@H](CC(=O)[C@H](C)[C@@H](OC)[C@@H]1CCCN1C(=O)C[C@@H](OC)[C@H]([C@@H](C)CC)N(C)C(=O)[C@H](C)CC(=O)[C@H](C(C)C)N(C)C)C(=O)CC(C)(CC)CC. The molecule has 2 rings (SSSR count). The summed E-state index contributed by atoms with van der Waals surface area (Å²) in [4.78, 5) is 145. The number of ketones is 6. The summed E-state index contributed by atoms with van der Waals surface area (Å²) in [5, 5.41) is 3.08. The molecule has 103 heavy (non-hydrogen) atoms. The van der Waals surface area contributed by atoms with Crippen LogP contribution in [0.25, 0.3) is 0 Å². The van der Waals surface area contributed by atoms with Gasteiger partial charge < -0.3 is 43.9 Å². The number of likely N-dealkylation sites (N-methyl/N-ethyl adjacent to an activating group) is 4. The van der Waals surface area contributed by atoms with Crippen molar-refractivity contribution in [2.24, 2.45) is 70.0 Å². The smallest absolute Gasteiger partial charge is 0.225 e. The van der Waals surface area contributed by atoms with E-state index >= 15 is 0 Å². The van der Waals surface area contributed by atoms with E-state index in [0.717, 1.165) is 51.4 Å². The molecule has 2 aliphatic rings. The first-order chi connectivity index (χ1) is 48.2. The van der Waals surface area contributed by atoms with E-state index in [2.05, 4.69) is 74.6 Å². The molecule has 0 saturated carbocycles. The maximum atomic E-state index is 14.1. The van der Waals surface area contributed by atoms with Crippen LogP contribution in [0.3, 0.4) is 0 Å². The van der Waals surface area contributed by atoms with Crippen molar-refractivity contribution >= 4 is 58.3 Å². The molecule has 2 fully saturated rings. The highest BCUT2D eigenvalue weighted by Gasteiger charge is 2.46. The number of nitrogens with zero attached hydrogens (tertiary/aromatic N) is 5. The molecule has 2 heterocycles. The Hall–Kier alpha value is -4.34. The fourth-order valence-corrected chi connectivity index (χ4v) is 16.5. The molecule has 20 nitrogen and oxygen atoms in total. The van der Waals surface area contributed by atoms with Crippen molar-refractivity contribution < 1.29 is 66.9 Å². The van der Waals surface area contributed by atoms with Crippen LogP contribution in [-0.2, 0) is 66.9 Å². The third-order valence-corrected chi connectivity index (χ3v) is 24.8. The molecule has 0 aliphatic carbocycles. The van der Waals surface area contributed by atoms with Gasteiger partial charge in [0.15, 0.2) is 11.6 Å². The van der Waals surface area contributed by atoms with Gasteiger partial charge >= 0.3 is 0 Å². The van der Waals surface area contributed by atoms with Crippen LogP contribution in [0, 0.1) is 70.0 Å².